The van der Waals surface area contributed by atoms with Crippen LogP contribution in [-0.2, 0) is 10.9 Å². The van der Waals surface area contributed by atoms with Crippen molar-refractivity contribution < 1.29 is 32.6 Å². The van der Waals surface area contributed by atoms with E-state index in [1.54, 1.807) is 44.9 Å². The standard InChI is InChI=1S/C30H38BrF3N6O4/c1-29(2,3)44-28(43)40-13-6-5-9-18(17-40)37-27-36-16-22(30(32,33)34)24(38-27)21-15-35-25-19(21)10-11-20(23(25)31)26(42)39(4)12-7-8-14-41/h10-11,15-16,18,35,41H,5-9,12-14,17H2,1-4H3,(H,36,37,38)/t18-/m0/s1. The average Bonchev–Trinajstić information content (AvgIpc) is 3.24. The summed E-state index contributed by atoms with van der Waals surface area (Å²) in [5.74, 6) is -0.255. The number of aliphatic hydroxyl groups excluding tert-OH is 1. The number of halogens is 4. The molecule has 3 heterocycles. The van der Waals surface area contributed by atoms with Gasteiger partial charge in [-0.15, -0.1) is 0 Å². The zero-order valence-electron chi connectivity index (χ0n) is 25.2. The number of anilines is 1. The zero-order chi connectivity index (χ0) is 32.2. The van der Waals surface area contributed by atoms with Crippen LogP contribution in [0.5, 0.6) is 0 Å². The molecule has 2 amide bonds. The number of unbranched alkanes of at least 4 members (excludes halogenated alkanes) is 1. The number of aliphatic hydroxyl groups is 1. The number of hydrogen-bond acceptors (Lipinski definition) is 7. The molecule has 44 heavy (non-hydrogen) atoms. The molecule has 0 radical (unpaired) electrons. The van der Waals surface area contributed by atoms with E-state index in [0.717, 1.165) is 19.0 Å². The number of H-pyrrole nitrogens is 1. The molecule has 0 bridgehead atoms. The first-order valence-electron chi connectivity index (χ1n) is 14.5. The van der Waals surface area contributed by atoms with Crippen molar-refractivity contribution in [1.82, 2.24) is 24.8 Å². The second-order valence-corrected chi connectivity index (χ2v) is 12.7. The summed E-state index contributed by atoms with van der Waals surface area (Å²) in [6.07, 6.45) is 0.475. The molecule has 240 valence electrons. The minimum Gasteiger partial charge on any atom is -0.444 e. The van der Waals surface area contributed by atoms with Gasteiger partial charge in [0.05, 0.1) is 21.2 Å². The van der Waals surface area contributed by atoms with Crippen LogP contribution >= 0.6 is 15.9 Å². The van der Waals surface area contributed by atoms with E-state index in [4.69, 9.17) is 9.84 Å². The Hall–Kier alpha value is -3.39. The van der Waals surface area contributed by atoms with Crippen LogP contribution in [0.2, 0.25) is 0 Å². The van der Waals surface area contributed by atoms with Gasteiger partial charge in [0.25, 0.3) is 5.91 Å². The predicted molar refractivity (Wildman–Crippen MR) is 164 cm³/mol. The van der Waals surface area contributed by atoms with E-state index in [2.05, 4.69) is 36.2 Å². The van der Waals surface area contributed by atoms with Crippen LogP contribution in [0.15, 0.2) is 29.0 Å². The third-order valence-corrected chi connectivity index (χ3v) is 8.10. The molecule has 0 spiro atoms. The molecule has 10 nitrogen and oxygen atoms in total. The van der Waals surface area contributed by atoms with E-state index in [9.17, 15) is 22.8 Å². The zero-order valence-corrected chi connectivity index (χ0v) is 26.8. The van der Waals surface area contributed by atoms with Crippen molar-refractivity contribution in [2.45, 2.75) is 70.7 Å². The van der Waals surface area contributed by atoms with Gasteiger partial charge in [-0.3, -0.25) is 4.79 Å². The van der Waals surface area contributed by atoms with Crippen molar-refractivity contribution in [3.05, 3.63) is 40.1 Å². The van der Waals surface area contributed by atoms with Crippen molar-refractivity contribution in [2.24, 2.45) is 0 Å². The molecule has 0 unspecified atom stereocenters. The number of amides is 2. The lowest BCUT2D eigenvalue weighted by molar-refractivity contribution is -0.137. The van der Waals surface area contributed by atoms with Crippen molar-refractivity contribution in [1.29, 1.82) is 0 Å². The van der Waals surface area contributed by atoms with Crippen LogP contribution in [-0.4, -0.2) is 86.8 Å². The molecule has 1 saturated heterocycles. The molecule has 1 aromatic carbocycles. The first kappa shape index (κ1) is 33.5. The Morgan fingerprint density at radius 2 is 1.98 bits per heavy atom. The molecule has 14 heteroatoms. The number of ether oxygens (including phenoxy) is 1. The maximum Gasteiger partial charge on any atom is 0.419 e. The fraction of sp³-hybridized carbons (Fsp3) is 0.533. The lowest BCUT2D eigenvalue weighted by Gasteiger charge is -2.28. The maximum atomic E-state index is 14.2. The van der Waals surface area contributed by atoms with Crippen LogP contribution in [0.1, 0.15) is 68.8 Å². The number of nitrogens with zero attached hydrogens (tertiary/aromatic N) is 4. The summed E-state index contributed by atoms with van der Waals surface area (Å²) in [5.41, 5.74) is -0.971. The van der Waals surface area contributed by atoms with Crippen LogP contribution < -0.4 is 5.32 Å². The highest BCUT2D eigenvalue weighted by atomic mass is 79.9. The van der Waals surface area contributed by atoms with Crippen molar-refractivity contribution in [2.75, 3.05) is 38.6 Å². The minimum absolute atomic E-state index is 0.00811. The van der Waals surface area contributed by atoms with Crippen LogP contribution in [0.25, 0.3) is 22.2 Å². The fourth-order valence-corrected chi connectivity index (χ4v) is 5.72. The van der Waals surface area contributed by atoms with Gasteiger partial charge < -0.3 is 29.9 Å². The molecule has 0 aliphatic carbocycles. The van der Waals surface area contributed by atoms with Gasteiger partial charge in [0, 0.05) is 62.7 Å². The van der Waals surface area contributed by atoms with E-state index >= 15 is 0 Å². The summed E-state index contributed by atoms with van der Waals surface area (Å²) in [6.45, 7) is 6.65. The number of alkyl halides is 3. The topological polar surface area (TPSA) is 124 Å². The van der Waals surface area contributed by atoms with Crippen molar-refractivity contribution in [3.8, 4) is 11.3 Å². The Balaban J connectivity index is 1.65. The summed E-state index contributed by atoms with van der Waals surface area (Å²) >= 11 is 3.47. The molecular formula is C30H38BrF3N6O4. The third-order valence-electron chi connectivity index (χ3n) is 7.28. The summed E-state index contributed by atoms with van der Waals surface area (Å²) < 4.78 is 48.5. The second-order valence-electron chi connectivity index (χ2n) is 11.9. The van der Waals surface area contributed by atoms with Crippen molar-refractivity contribution >= 4 is 44.8 Å². The van der Waals surface area contributed by atoms with E-state index in [1.807, 2.05) is 0 Å². The number of hydrogen-bond donors (Lipinski definition) is 3. The largest absolute Gasteiger partial charge is 0.444 e. The molecule has 2 aromatic heterocycles. The summed E-state index contributed by atoms with van der Waals surface area (Å²) in [6, 6.07) is 2.87. The molecule has 3 aromatic rings. The van der Waals surface area contributed by atoms with Gasteiger partial charge in [0.15, 0.2) is 0 Å². The Morgan fingerprint density at radius 1 is 1.23 bits per heavy atom. The Morgan fingerprint density at radius 3 is 2.66 bits per heavy atom. The van der Waals surface area contributed by atoms with Gasteiger partial charge in [-0.05, 0) is 74.9 Å². The number of benzene rings is 1. The SMILES string of the molecule is CN(CCCCO)C(=O)c1ccc2c(-c3nc(N[C@H]4CCCCN(C(=O)OC(C)(C)C)C4)ncc3C(F)(F)F)c[nH]c2c1Br. The molecular weight excluding hydrogens is 645 g/mol. The molecule has 1 fully saturated rings. The number of nitrogens with one attached hydrogen (secondary N) is 2. The number of fused-ring (bicyclic) bond motifs is 1. The number of rotatable bonds is 8. The molecule has 4 rings (SSSR count). The summed E-state index contributed by atoms with van der Waals surface area (Å²) in [5, 5.41) is 12.6. The number of likely N-dealkylation sites (tertiary alicyclic amines) is 1. The number of aromatic nitrogens is 3. The molecule has 1 aliphatic rings. The quantitative estimate of drug-likeness (QED) is 0.233. The first-order chi connectivity index (χ1) is 20.7. The Labute approximate surface area is 262 Å². The monoisotopic (exact) mass is 682 g/mol. The van der Waals surface area contributed by atoms with Crippen molar-refractivity contribution in [3.63, 3.8) is 0 Å². The smallest absolute Gasteiger partial charge is 0.419 e. The third kappa shape index (κ3) is 8.00. The van der Waals surface area contributed by atoms with Gasteiger partial charge >= 0.3 is 12.3 Å². The number of carbonyl (C=O) groups is 2. The second kappa shape index (κ2) is 13.7. The Kier molecular flexibility index (Phi) is 10.4. The number of aromatic amines is 1. The van der Waals surface area contributed by atoms with Crippen LogP contribution in [0.3, 0.4) is 0 Å². The molecule has 1 aliphatic heterocycles. The average molecular weight is 684 g/mol. The van der Waals surface area contributed by atoms with Crippen LogP contribution in [0, 0.1) is 0 Å². The van der Waals surface area contributed by atoms with E-state index in [-0.39, 0.29) is 35.8 Å². The Bertz CT molecular complexity index is 1490. The van der Waals surface area contributed by atoms with Gasteiger partial charge in [0.2, 0.25) is 5.95 Å². The highest BCUT2D eigenvalue weighted by Crippen LogP contribution is 2.40. The lowest BCUT2D eigenvalue weighted by atomic mass is 10.0. The molecule has 3 N–H and O–H groups in total. The normalized spacial score (nSPS) is 16.1. The lowest BCUT2D eigenvalue weighted by Crippen LogP contribution is -2.42. The minimum atomic E-state index is -4.72. The molecule has 0 saturated carbocycles. The van der Waals surface area contributed by atoms with E-state index in [1.165, 1.54) is 11.1 Å². The molecule has 1 atom stereocenters. The van der Waals surface area contributed by atoms with Crippen LogP contribution in [0.4, 0.5) is 23.9 Å². The first-order valence-corrected chi connectivity index (χ1v) is 15.3. The van der Waals surface area contributed by atoms with Gasteiger partial charge in [-0.1, -0.05) is 6.07 Å². The maximum absolute atomic E-state index is 14.2. The number of carbonyl (C=O) groups excluding carboxylic acids is 2. The van der Waals surface area contributed by atoms with Gasteiger partial charge in [-0.2, -0.15) is 13.2 Å². The predicted octanol–water partition coefficient (Wildman–Crippen LogP) is 6.45. The van der Waals surface area contributed by atoms with E-state index < -0.39 is 23.4 Å². The fourth-order valence-electron chi connectivity index (χ4n) is 5.09. The summed E-state index contributed by atoms with van der Waals surface area (Å²) in [7, 11) is 1.66. The van der Waals surface area contributed by atoms with Gasteiger partial charge in [0.1, 0.15) is 11.2 Å². The highest BCUT2D eigenvalue weighted by molar-refractivity contribution is 9.10. The highest BCUT2D eigenvalue weighted by Gasteiger charge is 2.37. The van der Waals surface area contributed by atoms with Gasteiger partial charge in [-0.25, -0.2) is 14.8 Å². The summed E-state index contributed by atoms with van der Waals surface area (Å²) in [4.78, 5) is 40.3. The van der Waals surface area contributed by atoms with E-state index in [0.29, 0.717) is 59.8 Å².